The van der Waals surface area contributed by atoms with Crippen LogP contribution in [0.2, 0.25) is 0 Å². The Morgan fingerprint density at radius 2 is 1.96 bits per heavy atom. The molecule has 26 heavy (non-hydrogen) atoms. The molecule has 1 fully saturated rings. The van der Waals surface area contributed by atoms with Crippen LogP contribution < -0.4 is 0 Å². The lowest BCUT2D eigenvalue weighted by molar-refractivity contribution is 0.0598. The number of benzene rings is 1. The maximum absolute atomic E-state index is 13.2. The normalized spacial score (nSPS) is 17.7. The molecule has 1 aromatic heterocycles. The van der Waals surface area contributed by atoms with Crippen LogP contribution in [0, 0.1) is 0 Å². The lowest BCUT2D eigenvalue weighted by Crippen LogP contribution is -2.39. The Labute approximate surface area is 156 Å². The molecule has 5 nitrogen and oxygen atoms in total. The second-order valence-corrected chi connectivity index (χ2v) is 7.43. The van der Waals surface area contributed by atoms with E-state index in [-0.39, 0.29) is 11.9 Å². The summed E-state index contributed by atoms with van der Waals surface area (Å²) < 4.78 is 1.84. The summed E-state index contributed by atoms with van der Waals surface area (Å²) in [5.41, 5.74) is 3.25. The number of amides is 1. The van der Waals surface area contributed by atoms with E-state index in [1.54, 1.807) is 6.20 Å². The van der Waals surface area contributed by atoms with Gasteiger partial charge >= 0.3 is 0 Å². The summed E-state index contributed by atoms with van der Waals surface area (Å²) >= 11 is 0. The van der Waals surface area contributed by atoms with Gasteiger partial charge in [-0.25, -0.2) is 0 Å². The van der Waals surface area contributed by atoms with Gasteiger partial charge < -0.3 is 9.80 Å². The first kappa shape index (κ1) is 18.6. The molecule has 0 radical (unpaired) electrons. The highest BCUT2D eigenvalue weighted by molar-refractivity contribution is 5.93. The predicted molar refractivity (Wildman–Crippen MR) is 104 cm³/mol. The summed E-state index contributed by atoms with van der Waals surface area (Å²) in [6, 6.07) is 10.8. The molecule has 5 heteroatoms. The first-order valence-corrected chi connectivity index (χ1v) is 9.66. The topological polar surface area (TPSA) is 41.4 Å². The Balaban J connectivity index is 1.81. The zero-order valence-corrected chi connectivity index (χ0v) is 16.2. The third-order valence-corrected chi connectivity index (χ3v) is 5.00. The number of carbonyl (C=O) groups excluding carboxylic acids is 1. The number of hydrogen-bond donors (Lipinski definition) is 0. The van der Waals surface area contributed by atoms with Gasteiger partial charge in [0.1, 0.15) is 5.69 Å². The van der Waals surface area contributed by atoms with Gasteiger partial charge in [0.05, 0.1) is 6.04 Å². The fraction of sp³-hybridized carbons (Fsp3) is 0.524. The minimum atomic E-state index is 0.109. The summed E-state index contributed by atoms with van der Waals surface area (Å²) in [6.45, 7) is 4.64. The number of hydrogen-bond acceptors (Lipinski definition) is 3. The third-order valence-electron chi connectivity index (χ3n) is 5.00. The SMILES string of the molecule is CCCn1nccc1C(=O)N1CCCC[C@H]1c1ccc(CN(C)C)cc1. The van der Waals surface area contributed by atoms with E-state index in [4.69, 9.17) is 0 Å². The van der Waals surface area contributed by atoms with Crippen molar-refractivity contribution >= 4 is 5.91 Å². The van der Waals surface area contributed by atoms with E-state index >= 15 is 0 Å². The fourth-order valence-electron chi connectivity index (χ4n) is 3.78. The molecule has 2 heterocycles. The molecule has 3 rings (SSSR count). The van der Waals surface area contributed by atoms with Crippen molar-refractivity contribution in [2.75, 3.05) is 20.6 Å². The van der Waals surface area contributed by atoms with Crippen LogP contribution >= 0.6 is 0 Å². The number of aryl methyl sites for hydroxylation is 1. The van der Waals surface area contributed by atoms with Crippen molar-refractivity contribution in [3.05, 3.63) is 53.3 Å². The van der Waals surface area contributed by atoms with Gasteiger partial charge in [-0.05, 0) is 57.0 Å². The molecule has 1 aliphatic heterocycles. The average Bonchev–Trinajstić information content (AvgIpc) is 3.10. The fourth-order valence-corrected chi connectivity index (χ4v) is 3.78. The van der Waals surface area contributed by atoms with Crippen LogP contribution in [-0.2, 0) is 13.1 Å². The monoisotopic (exact) mass is 354 g/mol. The maximum Gasteiger partial charge on any atom is 0.272 e. The largest absolute Gasteiger partial charge is 0.330 e. The highest BCUT2D eigenvalue weighted by atomic mass is 16.2. The van der Waals surface area contributed by atoms with E-state index in [9.17, 15) is 4.79 Å². The molecular formula is C21H30N4O. The minimum absolute atomic E-state index is 0.109. The number of carbonyl (C=O) groups is 1. The lowest BCUT2D eigenvalue weighted by Gasteiger charge is -2.36. The van der Waals surface area contributed by atoms with Crippen molar-refractivity contribution in [3.63, 3.8) is 0 Å². The lowest BCUT2D eigenvalue weighted by atomic mass is 9.94. The molecule has 0 aliphatic carbocycles. The van der Waals surface area contributed by atoms with Gasteiger partial charge in [-0.3, -0.25) is 9.48 Å². The molecule has 2 aromatic rings. The van der Waals surface area contributed by atoms with E-state index in [1.165, 1.54) is 17.5 Å². The van der Waals surface area contributed by atoms with Crippen molar-refractivity contribution in [1.29, 1.82) is 0 Å². The summed E-state index contributed by atoms with van der Waals surface area (Å²) in [4.78, 5) is 17.4. The van der Waals surface area contributed by atoms with Crippen molar-refractivity contribution in [2.45, 2.75) is 51.7 Å². The first-order valence-electron chi connectivity index (χ1n) is 9.66. The van der Waals surface area contributed by atoms with Crippen molar-refractivity contribution in [1.82, 2.24) is 19.6 Å². The predicted octanol–water partition coefficient (Wildman–Crippen LogP) is 3.72. The first-order chi connectivity index (χ1) is 12.6. The van der Waals surface area contributed by atoms with Crippen LogP contribution in [0.25, 0.3) is 0 Å². The maximum atomic E-state index is 13.2. The molecule has 0 bridgehead atoms. The Hall–Kier alpha value is -2.14. The van der Waals surface area contributed by atoms with Crippen LogP contribution in [-0.4, -0.2) is 46.1 Å². The highest BCUT2D eigenvalue weighted by Gasteiger charge is 2.30. The third kappa shape index (κ3) is 4.15. The van der Waals surface area contributed by atoms with Gasteiger partial charge in [0.15, 0.2) is 0 Å². The summed E-state index contributed by atoms with van der Waals surface area (Å²) in [6.07, 6.45) is 5.97. The molecule has 0 spiro atoms. The van der Waals surface area contributed by atoms with E-state index < -0.39 is 0 Å². The second kappa shape index (κ2) is 8.49. The number of aromatic nitrogens is 2. The van der Waals surface area contributed by atoms with E-state index in [1.807, 2.05) is 15.6 Å². The summed E-state index contributed by atoms with van der Waals surface area (Å²) in [5, 5.41) is 4.32. The van der Waals surface area contributed by atoms with Crippen LogP contribution in [0.1, 0.15) is 60.3 Å². The van der Waals surface area contributed by atoms with Gasteiger partial charge in [-0.15, -0.1) is 0 Å². The molecule has 1 saturated heterocycles. The van der Waals surface area contributed by atoms with Crippen molar-refractivity contribution in [2.24, 2.45) is 0 Å². The van der Waals surface area contributed by atoms with Crippen LogP contribution in [0.4, 0.5) is 0 Å². The molecule has 1 atom stereocenters. The van der Waals surface area contributed by atoms with E-state index in [0.29, 0.717) is 5.69 Å². The molecule has 0 N–H and O–H groups in total. The van der Waals surface area contributed by atoms with Gasteiger partial charge in [0.25, 0.3) is 5.91 Å². The number of nitrogens with zero attached hydrogens (tertiary/aromatic N) is 4. The Morgan fingerprint density at radius 1 is 1.19 bits per heavy atom. The standard InChI is InChI=1S/C21H30N4O/c1-4-14-25-20(12-13-22-25)21(26)24-15-6-5-7-19(24)18-10-8-17(9-11-18)16-23(2)3/h8-13,19H,4-7,14-16H2,1-3H3/t19-/m0/s1. The molecule has 0 saturated carbocycles. The van der Waals surface area contributed by atoms with Gasteiger partial charge in [-0.1, -0.05) is 31.2 Å². The van der Waals surface area contributed by atoms with Crippen LogP contribution in [0.3, 0.4) is 0 Å². The number of rotatable bonds is 6. The summed E-state index contributed by atoms with van der Waals surface area (Å²) in [7, 11) is 4.16. The summed E-state index contributed by atoms with van der Waals surface area (Å²) in [5.74, 6) is 0.109. The second-order valence-electron chi connectivity index (χ2n) is 7.43. The zero-order valence-electron chi connectivity index (χ0n) is 16.2. The van der Waals surface area contributed by atoms with E-state index in [0.717, 1.165) is 38.9 Å². The van der Waals surface area contributed by atoms with Gasteiger partial charge in [0.2, 0.25) is 0 Å². The Kier molecular flexibility index (Phi) is 6.09. The average molecular weight is 354 g/mol. The Bertz CT molecular complexity index is 720. The van der Waals surface area contributed by atoms with Crippen molar-refractivity contribution < 1.29 is 4.79 Å². The van der Waals surface area contributed by atoms with Crippen molar-refractivity contribution in [3.8, 4) is 0 Å². The van der Waals surface area contributed by atoms with Gasteiger partial charge in [0, 0.05) is 25.8 Å². The highest BCUT2D eigenvalue weighted by Crippen LogP contribution is 2.32. The number of piperidine rings is 1. The molecule has 140 valence electrons. The van der Waals surface area contributed by atoms with Crippen LogP contribution in [0.5, 0.6) is 0 Å². The smallest absolute Gasteiger partial charge is 0.272 e. The molecule has 1 aliphatic rings. The van der Waals surface area contributed by atoms with E-state index in [2.05, 4.69) is 55.3 Å². The molecule has 1 amide bonds. The molecular weight excluding hydrogens is 324 g/mol. The minimum Gasteiger partial charge on any atom is -0.330 e. The molecule has 0 unspecified atom stereocenters. The zero-order chi connectivity index (χ0) is 18.5. The molecule has 1 aromatic carbocycles. The quantitative estimate of drug-likeness (QED) is 0.794. The van der Waals surface area contributed by atoms with Gasteiger partial charge in [-0.2, -0.15) is 5.10 Å². The Morgan fingerprint density at radius 3 is 2.65 bits per heavy atom. The number of likely N-dealkylation sites (tertiary alicyclic amines) is 1. The van der Waals surface area contributed by atoms with Crippen LogP contribution in [0.15, 0.2) is 36.5 Å².